The van der Waals surface area contributed by atoms with Crippen LogP contribution in [-0.4, -0.2) is 44.0 Å². The van der Waals surface area contributed by atoms with Crippen LogP contribution in [0.3, 0.4) is 0 Å². The van der Waals surface area contributed by atoms with E-state index < -0.39 is 34.7 Å². The van der Waals surface area contributed by atoms with Gasteiger partial charge in [0.25, 0.3) is 22.7 Å². The van der Waals surface area contributed by atoms with E-state index in [1.807, 2.05) is 23.1 Å². The Morgan fingerprint density at radius 2 is 1.77 bits per heavy atom. The Labute approximate surface area is 249 Å². The smallest absolute Gasteiger partial charge is 0.335 e. The maximum absolute atomic E-state index is 13.3. The number of anilines is 2. The zero-order valence-electron chi connectivity index (χ0n) is 23.5. The van der Waals surface area contributed by atoms with Crippen LogP contribution < -0.4 is 32.1 Å². The first kappa shape index (κ1) is 28.3. The predicted octanol–water partition coefficient (Wildman–Crippen LogP) is 1.59. The van der Waals surface area contributed by atoms with E-state index in [0.717, 1.165) is 16.7 Å². The number of nitrogen functional groups attached to an aromatic ring is 1. The molecule has 222 valence electrons. The third-order valence-corrected chi connectivity index (χ3v) is 7.80. The Bertz CT molecular complexity index is 2020. The fourth-order valence-electron chi connectivity index (χ4n) is 5.35. The van der Waals surface area contributed by atoms with Crippen LogP contribution in [-0.2, 0) is 19.5 Å². The van der Waals surface area contributed by atoms with Crippen molar-refractivity contribution in [3.63, 3.8) is 0 Å². The van der Waals surface area contributed by atoms with Gasteiger partial charge in [0.2, 0.25) is 0 Å². The standard InChI is InChI=1S/C31H27N7O6/c1-16(18-4-6-20(7-5-18)31(43)44)35-30(42)23-13-22(36-24-8-10-34-38(23)24)29(41)33-14-17-2-3-19-9-11-37(15-21(19)12-17)26-25(32)27(39)28(26)40/h2-8,10,12-13,16H,9,11,14-15,32H2,1H3,(H,33,41)(H,35,42)(H,43,44)/t16-/m0/s1. The van der Waals surface area contributed by atoms with E-state index in [9.17, 15) is 24.0 Å². The van der Waals surface area contributed by atoms with Crippen molar-refractivity contribution in [3.05, 3.63) is 120 Å². The lowest BCUT2D eigenvalue weighted by molar-refractivity contribution is 0.0696. The van der Waals surface area contributed by atoms with Gasteiger partial charge < -0.3 is 26.4 Å². The number of carboxylic acids is 1. The van der Waals surface area contributed by atoms with E-state index in [4.69, 9.17) is 10.8 Å². The zero-order chi connectivity index (χ0) is 31.1. The molecule has 3 aromatic carbocycles. The molecule has 13 heteroatoms. The van der Waals surface area contributed by atoms with Crippen molar-refractivity contribution >= 4 is 34.8 Å². The summed E-state index contributed by atoms with van der Waals surface area (Å²) in [7, 11) is 0. The second-order valence-electron chi connectivity index (χ2n) is 10.6. The maximum atomic E-state index is 13.3. The van der Waals surface area contributed by atoms with Gasteiger partial charge >= 0.3 is 5.97 Å². The van der Waals surface area contributed by atoms with Crippen molar-refractivity contribution < 1.29 is 19.5 Å². The SMILES string of the molecule is C[C@H](NC(=O)c1cc(C(=O)NCc2ccc3c(c2)CN(c2c(N)c(=O)c2=O)CC3)nc2ccnn12)c1ccc(C(=O)O)cc1. The summed E-state index contributed by atoms with van der Waals surface area (Å²) in [6.07, 6.45) is 2.16. The molecule has 5 aromatic rings. The molecule has 0 fully saturated rings. The van der Waals surface area contributed by atoms with Crippen molar-refractivity contribution in [2.75, 3.05) is 17.2 Å². The number of nitrogens with two attached hydrogens (primary N) is 1. The van der Waals surface area contributed by atoms with Crippen LogP contribution in [0.5, 0.6) is 0 Å². The van der Waals surface area contributed by atoms with E-state index in [1.54, 1.807) is 25.1 Å². The molecule has 13 nitrogen and oxygen atoms in total. The number of aromatic carboxylic acids is 1. The summed E-state index contributed by atoms with van der Waals surface area (Å²) in [5.41, 5.74) is 9.02. The van der Waals surface area contributed by atoms with Crippen molar-refractivity contribution in [2.24, 2.45) is 0 Å². The monoisotopic (exact) mass is 593 g/mol. The largest absolute Gasteiger partial charge is 0.478 e. The molecule has 3 heterocycles. The third-order valence-electron chi connectivity index (χ3n) is 7.80. The molecule has 6 rings (SSSR count). The van der Waals surface area contributed by atoms with Gasteiger partial charge in [-0.2, -0.15) is 5.10 Å². The van der Waals surface area contributed by atoms with Crippen LogP contribution in [0.15, 0.2) is 70.4 Å². The number of carboxylic acid groups (broad SMARTS) is 1. The number of benzene rings is 2. The lowest BCUT2D eigenvalue weighted by Crippen LogP contribution is -2.44. The number of aromatic nitrogens is 3. The highest BCUT2D eigenvalue weighted by Gasteiger charge is 2.27. The summed E-state index contributed by atoms with van der Waals surface area (Å²) in [6, 6.07) is 14.5. The topological polar surface area (TPSA) is 189 Å². The summed E-state index contributed by atoms with van der Waals surface area (Å²) in [6.45, 7) is 2.94. The normalized spacial score (nSPS) is 13.4. The number of hydrogen-bond acceptors (Lipinski definition) is 9. The van der Waals surface area contributed by atoms with Crippen molar-refractivity contribution in [2.45, 2.75) is 32.5 Å². The molecule has 0 spiro atoms. The lowest BCUT2D eigenvalue weighted by atomic mass is 9.96. The molecule has 0 unspecified atom stereocenters. The number of amides is 2. The minimum atomic E-state index is -1.04. The first-order chi connectivity index (χ1) is 21.1. The predicted molar refractivity (Wildman–Crippen MR) is 160 cm³/mol. The van der Waals surface area contributed by atoms with Gasteiger partial charge in [-0.3, -0.25) is 19.2 Å². The average molecular weight is 594 g/mol. The van der Waals surface area contributed by atoms with Crippen molar-refractivity contribution in [3.8, 4) is 0 Å². The van der Waals surface area contributed by atoms with Crippen LogP contribution in [0.4, 0.5) is 11.4 Å². The van der Waals surface area contributed by atoms with Crippen LogP contribution in [0.1, 0.15) is 66.6 Å². The highest BCUT2D eigenvalue weighted by Crippen LogP contribution is 2.26. The minimum Gasteiger partial charge on any atom is -0.478 e. The number of carbonyl (C=O) groups is 3. The number of nitrogens with one attached hydrogen (secondary N) is 2. The Hall–Kier alpha value is -5.85. The molecular weight excluding hydrogens is 566 g/mol. The molecule has 0 aliphatic carbocycles. The van der Waals surface area contributed by atoms with E-state index in [2.05, 4.69) is 20.7 Å². The van der Waals surface area contributed by atoms with E-state index in [-0.39, 0.29) is 34.9 Å². The van der Waals surface area contributed by atoms with Gasteiger partial charge in [0.05, 0.1) is 17.8 Å². The summed E-state index contributed by atoms with van der Waals surface area (Å²) >= 11 is 0. The third kappa shape index (κ3) is 5.15. The molecule has 1 aliphatic rings. The number of carbonyl (C=O) groups excluding carboxylic acids is 2. The average Bonchev–Trinajstić information content (AvgIpc) is 3.51. The first-order valence-corrected chi connectivity index (χ1v) is 13.8. The first-order valence-electron chi connectivity index (χ1n) is 13.8. The second kappa shape index (κ2) is 11.1. The molecule has 0 saturated carbocycles. The fourth-order valence-corrected chi connectivity index (χ4v) is 5.35. The summed E-state index contributed by atoms with van der Waals surface area (Å²) in [5.74, 6) is -2.03. The molecule has 0 saturated heterocycles. The molecule has 44 heavy (non-hydrogen) atoms. The van der Waals surface area contributed by atoms with Crippen LogP contribution in [0.25, 0.3) is 5.65 Å². The highest BCUT2D eigenvalue weighted by atomic mass is 16.4. The van der Waals surface area contributed by atoms with Gasteiger partial charge in [0.1, 0.15) is 22.8 Å². The van der Waals surface area contributed by atoms with E-state index in [1.165, 1.54) is 28.9 Å². The Kier molecular flexibility index (Phi) is 7.13. The second-order valence-corrected chi connectivity index (χ2v) is 10.6. The number of hydrogen-bond donors (Lipinski definition) is 4. The quantitative estimate of drug-likeness (QED) is 0.192. The molecule has 1 aliphatic heterocycles. The van der Waals surface area contributed by atoms with Gasteiger partial charge in [0, 0.05) is 31.8 Å². The lowest BCUT2D eigenvalue weighted by Gasteiger charge is -2.32. The molecule has 1 atom stereocenters. The Morgan fingerprint density at radius 1 is 1.00 bits per heavy atom. The van der Waals surface area contributed by atoms with Crippen LogP contribution in [0, 0.1) is 0 Å². The molecule has 2 amide bonds. The number of fused-ring (bicyclic) bond motifs is 2. The fraction of sp³-hybridized carbons (Fsp3) is 0.194. The molecule has 5 N–H and O–H groups in total. The van der Waals surface area contributed by atoms with Crippen molar-refractivity contribution in [1.29, 1.82) is 0 Å². The molecular formula is C31H27N7O6. The number of rotatable bonds is 8. The number of nitrogens with zero attached hydrogens (tertiary/aromatic N) is 4. The van der Waals surface area contributed by atoms with Gasteiger partial charge in [-0.05, 0) is 47.7 Å². The van der Waals surface area contributed by atoms with Gasteiger partial charge in [-0.25, -0.2) is 14.3 Å². The van der Waals surface area contributed by atoms with E-state index >= 15 is 0 Å². The Morgan fingerprint density at radius 3 is 2.50 bits per heavy atom. The van der Waals surface area contributed by atoms with Crippen LogP contribution >= 0.6 is 0 Å². The minimum absolute atomic E-state index is 0.00132. The molecule has 0 radical (unpaired) electrons. The maximum Gasteiger partial charge on any atom is 0.335 e. The van der Waals surface area contributed by atoms with Gasteiger partial charge in [-0.1, -0.05) is 30.3 Å². The van der Waals surface area contributed by atoms with Gasteiger partial charge in [-0.15, -0.1) is 0 Å². The van der Waals surface area contributed by atoms with Crippen molar-refractivity contribution in [1.82, 2.24) is 25.2 Å². The van der Waals surface area contributed by atoms with E-state index in [0.29, 0.717) is 30.7 Å². The highest BCUT2D eigenvalue weighted by molar-refractivity contribution is 5.98. The van der Waals surface area contributed by atoms with Gasteiger partial charge in [0.15, 0.2) is 5.65 Å². The molecule has 2 aromatic heterocycles. The molecule has 0 bridgehead atoms. The summed E-state index contributed by atoms with van der Waals surface area (Å²) in [5, 5.41) is 19.0. The summed E-state index contributed by atoms with van der Waals surface area (Å²) < 4.78 is 1.34. The van der Waals surface area contributed by atoms with Crippen LogP contribution in [0.2, 0.25) is 0 Å². The zero-order valence-corrected chi connectivity index (χ0v) is 23.5. The summed E-state index contributed by atoms with van der Waals surface area (Å²) in [4.78, 5) is 67.4. The Balaban J connectivity index is 1.16.